The van der Waals surface area contributed by atoms with Crippen LogP contribution in [0.2, 0.25) is 0 Å². The summed E-state index contributed by atoms with van der Waals surface area (Å²) in [5.74, 6) is 0.525. The highest BCUT2D eigenvalue weighted by Crippen LogP contribution is 2.14. The van der Waals surface area contributed by atoms with Crippen molar-refractivity contribution in [3.05, 3.63) is 35.4 Å². The number of ketones is 2. The molecule has 0 radical (unpaired) electrons. The topological polar surface area (TPSA) is 34.1 Å². The molecule has 0 aliphatic carbocycles. The second kappa shape index (κ2) is 6.48. The number of carbonyl (C=O) groups is 2. The van der Waals surface area contributed by atoms with Gasteiger partial charge in [-0.05, 0) is 11.1 Å². The zero-order valence-corrected chi connectivity index (χ0v) is 11.7. The number of rotatable bonds is 6. The van der Waals surface area contributed by atoms with Crippen molar-refractivity contribution in [3.63, 3.8) is 0 Å². The fraction of sp³-hybridized carbons (Fsp3) is 0.500. The Bertz CT molecular complexity index is 389. The van der Waals surface area contributed by atoms with E-state index in [9.17, 15) is 9.59 Å². The maximum absolute atomic E-state index is 11.8. The predicted molar refractivity (Wildman–Crippen MR) is 73.5 cm³/mol. The van der Waals surface area contributed by atoms with Crippen LogP contribution in [0.1, 0.15) is 38.8 Å². The van der Waals surface area contributed by atoms with Gasteiger partial charge in [0, 0.05) is 24.7 Å². The summed E-state index contributed by atoms with van der Waals surface area (Å²) in [6.07, 6.45) is 0.860. The summed E-state index contributed by atoms with van der Waals surface area (Å²) in [5.41, 5.74) is 1.98. The summed E-state index contributed by atoms with van der Waals surface area (Å²) in [5, 5.41) is 0. The van der Waals surface area contributed by atoms with E-state index in [0.29, 0.717) is 12.8 Å². The maximum atomic E-state index is 11.8. The van der Waals surface area contributed by atoms with Crippen molar-refractivity contribution in [3.8, 4) is 0 Å². The van der Waals surface area contributed by atoms with Crippen LogP contribution < -0.4 is 0 Å². The fourth-order valence-corrected chi connectivity index (χ4v) is 1.69. The lowest BCUT2D eigenvalue weighted by Gasteiger charge is -2.11. The summed E-state index contributed by atoms with van der Waals surface area (Å²) in [6, 6.07) is 7.74. The number of benzene rings is 1. The number of Topliss-reactive ketones (excluding diaryl/α,β-unsaturated/α-hetero) is 2. The van der Waals surface area contributed by atoms with Gasteiger partial charge < -0.3 is 0 Å². The molecular weight excluding hydrogens is 224 g/mol. The summed E-state index contributed by atoms with van der Waals surface area (Å²) < 4.78 is 0. The van der Waals surface area contributed by atoms with Gasteiger partial charge in [-0.3, -0.25) is 9.59 Å². The Labute approximate surface area is 109 Å². The van der Waals surface area contributed by atoms with E-state index in [1.165, 1.54) is 0 Å². The van der Waals surface area contributed by atoms with Gasteiger partial charge in [0.1, 0.15) is 11.6 Å². The third kappa shape index (κ3) is 4.10. The summed E-state index contributed by atoms with van der Waals surface area (Å²) in [6.45, 7) is 7.63. The van der Waals surface area contributed by atoms with Gasteiger partial charge in [0.15, 0.2) is 0 Å². The first kappa shape index (κ1) is 14.6. The molecule has 1 aromatic rings. The Balaban J connectivity index is 2.86. The van der Waals surface area contributed by atoms with E-state index >= 15 is 0 Å². The molecule has 0 aromatic heterocycles. The van der Waals surface area contributed by atoms with E-state index in [1.54, 1.807) is 0 Å². The van der Waals surface area contributed by atoms with Gasteiger partial charge >= 0.3 is 0 Å². The van der Waals surface area contributed by atoms with Gasteiger partial charge in [0.05, 0.1) is 0 Å². The van der Waals surface area contributed by atoms with Crippen LogP contribution in [0, 0.1) is 11.8 Å². The minimum atomic E-state index is 0.0406. The van der Waals surface area contributed by atoms with Gasteiger partial charge in [-0.2, -0.15) is 0 Å². The van der Waals surface area contributed by atoms with Crippen LogP contribution in [0.25, 0.3) is 0 Å². The van der Waals surface area contributed by atoms with E-state index in [0.717, 1.165) is 11.1 Å². The van der Waals surface area contributed by atoms with Crippen molar-refractivity contribution in [1.29, 1.82) is 0 Å². The summed E-state index contributed by atoms with van der Waals surface area (Å²) in [4.78, 5) is 23.6. The molecule has 0 saturated carbocycles. The van der Waals surface area contributed by atoms with Gasteiger partial charge in [-0.15, -0.1) is 0 Å². The highest BCUT2D eigenvalue weighted by atomic mass is 16.1. The first-order valence-corrected chi connectivity index (χ1v) is 6.54. The van der Waals surface area contributed by atoms with E-state index in [-0.39, 0.29) is 23.4 Å². The molecule has 0 bridgehead atoms. The number of hydrogen-bond donors (Lipinski definition) is 0. The molecule has 98 valence electrons. The molecule has 2 heteroatoms. The first-order valence-electron chi connectivity index (χ1n) is 6.54. The molecule has 0 unspecified atom stereocenters. The van der Waals surface area contributed by atoms with Crippen molar-refractivity contribution in [1.82, 2.24) is 0 Å². The molecule has 1 aromatic carbocycles. The second-order valence-corrected chi connectivity index (χ2v) is 5.36. The molecule has 0 amide bonds. The van der Waals surface area contributed by atoms with Crippen LogP contribution >= 0.6 is 0 Å². The molecule has 0 fully saturated rings. The summed E-state index contributed by atoms with van der Waals surface area (Å²) in [7, 11) is 0. The predicted octanol–water partition coefficient (Wildman–Crippen LogP) is 3.22. The van der Waals surface area contributed by atoms with Crippen LogP contribution in [-0.4, -0.2) is 11.6 Å². The minimum Gasteiger partial charge on any atom is -0.299 e. The lowest BCUT2D eigenvalue weighted by Crippen LogP contribution is -2.15. The fourth-order valence-electron chi connectivity index (χ4n) is 1.69. The molecule has 0 atom stereocenters. The summed E-state index contributed by atoms with van der Waals surface area (Å²) >= 11 is 0. The third-order valence-corrected chi connectivity index (χ3v) is 3.14. The van der Waals surface area contributed by atoms with E-state index in [4.69, 9.17) is 0 Å². The van der Waals surface area contributed by atoms with Gasteiger partial charge in [-0.1, -0.05) is 52.0 Å². The Morgan fingerprint density at radius 3 is 1.44 bits per heavy atom. The molecule has 2 nitrogen and oxygen atoms in total. The van der Waals surface area contributed by atoms with Crippen LogP contribution in [0.3, 0.4) is 0 Å². The quantitative estimate of drug-likeness (QED) is 0.772. The Morgan fingerprint density at radius 1 is 0.833 bits per heavy atom. The number of carbonyl (C=O) groups excluding carboxylic acids is 2. The van der Waals surface area contributed by atoms with E-state index in [1.807, 2.05) is 52.0 Å². The number of hydrogen-bond acceptors (Lipinski definition) is 2. The van der Waals surface area contributed by atoms with Crippen LogP contribution in [0.4, 0.5) is 0 Å². The largest absolute Gasteiger partial charge is 0.299 e. The molecule has 18 heavy (non-hydrogen) atoms. The molecule has 0 saturated heterocycles. The van der Waals surface area contributed by atoms with Crippen molar-refractivity contribution in [2.75, 3.05) is 0 Å². The van der Waals surface area contributed by atoms with Gasteiger partial charge in [-0.25, -0.2) is 0 Å². The SMILES string of the molecule is CC(C)C(=O)Cc1ccccc1CC(=O)C(C)C. The molecule has 0 heterocycles. The first-order chi connectivity index (χ1) is 8.41. The molecule has 0 N–H and O–H groups in total. The second-order valence-electron chi connectivity index (χ2n) is 5.36. The van der Waals surface area contributed by atoms with E-state index in [2.05, 4.69) is 0 Å². The molecule has 0 aliphatic rings. The van der Waals surface area contributed by atoms with Crippen LogP contribution in [-0.2, 0) is 22.4 Å². The average Bonchev–Trinajstić information content (AvgIpc) is 2.31. The molecular formula is C16H22O2. The molecule has 0 aliphatic heterocycles. The zero-order chi connectivity index (χ0) is 13.7. The van der Waals surface area contributed by atoms with Gasteiger partial charge in [0.25, 0.3) is 0 Å². The normalized spacial score (nSPS) is 11.0. The lowest BCUT2D eigenvalue weighted by molar-refractivity contribution is -0.122. The van der Waals surface area contributed by atoms with Crippen LogP contribution in [0.15, 0.2) is 24.3 Å². The van der Waals surface area contributed by atoms with Crippen molar-refractivity contribution in [2.45, 2.75) is 40.5 Å². The zero-order valence-electron chi connectivity index (χ0n) is 11.7. The molecule has 1 rings (SSSR count). The van der Waals surface area contributed by atoms with Gasteiger partial charge in [0.2, 0.25) is 0 Å². The average molecular weight is 246 g/mol. The Kier molecular flexibility index (Phi) is 5.26. The highest BCUT2D eigenvalue weighted by Gasteiger charge is 2.14. The van der Waals surface area contributed by atoms with Crippen molar-refractivity contribution < 1.29 is 9.59 Å². The van der Waals surface area contributed by atoms with Crippen molar-refractivity contribution >= 4 is 11.6 Å². The highest BCUT2D eigenvalue weighted by molar-refractivity contribution is 5.85. The van der Waals surface area contributed by atoms with Crippen LogP contribution in [0.5, 0.6) is 0 Å². The Hall–Kier alpha value is -1.44. The molecule has 0 spiro atoms. The Morgan fingerprint density at radius 2 is 1.17 bits per heavy atom. The minimum absolute atomic E-state index is 0.0406. The lowest BCUT2D eigenvalue weighted by atomic mass is 9.93. The maximum Gasteiger partial charge on any atom is 0.139 e. The van der Waals surface area contributed by atoms with E-state index < -0.39 is 0 Å². The third-order valence-electron chi connectivity index (χ3n) is 3.14. The monoisotopic (exact) mass is 246 g/mol. The smallest absolute Gasteiger partial charge is 0.139 e. The standard InChI is InChI=1S/C16H22O2/c1-11(2)15(17)9-13-7-5-6-8-14(13)10-16(18)12(3)4/h5-8,11-12H,9-10H2,1-4H3. The van der Waals surface area contributed by atoms with Crippen molar-refractivity contribution in [2.24, 2.45) is 11.8 Å².